The highest BCUT2D eigenvalue weighted by atomic mass is 79.9. The van der Waals surface area contributed by atoms with Crippen LogP contribution in [0, 0.1) is 5.92 Å². The number of halogens is 1. The van der Waals surface area contributed by atoms with Gasteiger partial charge in [0.1, 0.15) is 5.75 Å². The molecular weight excluding hydrogens is 352 g/mol. The van der Waals surface area contributed by atoms with Crippen molar-refractivity contribution < 1.29 is 14.6 Å². The first-order chi connectivity index (χ1) is 10.1. The van der Waals surface area contributed by atoms with Gasteiger partial charge in [-0.05, 0) is 49.1 Å². The van der Waals surface area contributed by atoms with E-state index in [2.05, 4.69) is 15.9 Å². The minimum absolute atomic E-state index is 0.00614. The topological polar surface area (TPSA) is 38.7 Å². The Morgan fingerprint density at radius 1 is 1.52 bits per heavy atom. The molecule has 3 atom stereocenters. The fraction of sp³-hybridized carbons (Fsp3) is 0.625. The van der Waals surface area contributed by atoms with E-state index in [0.29, 0.717) is 0 Å². The molecule has 1 aromatic carbocycles. The van der Waals surface area contributed by atoms with Crippen LogP contribution < -0.4 is 4.74 Å². The van der Waals surface area contributed by atoms with Crippen LogP contribution in [0.4, 0.5) is 0 Å². The molecule has 0 bridgehead atoms. The van der Waals surface area contributed by atoms with Gasteiger partial charge in [0.25, 0.3) is 0 Å². The number of rotatable bonds is 3. The maximum absolute atomic E-state index is 10.9. The molecule has 0 amide bonds. The lowest BCUT2D eigenvalue weighted by atomic mass is 9.80. The Balaban J connectivity index is 1.81. The fourth-order valence-electron chi connectivity index (χ4n) is 3.39. The van der Waals surface area contributed by atoms with Crippen LogP contribution in [0.5, 0.6) is 5.75 Å². The van der Waals surface area contributed by atoms with Crippen molar-refractivity contribution >= 4 is 27.7 Å². The normalized spacial score (nSPS) is 30.5. The van der Waals surface area contributed by atoms with Crippen LogP contribution in [0.3, 0.4) is 0 Å². The van der Waals surface area contributed by atoms with Gasteiger partial charge in [0, 0.05) is 22.4 Å². The van der Waals surface area contributed by atoms with Gasteiger partial charge in [0.2, 0.25) is 0 Å². The van der Waals surface area contributed by atoms with E-state index >= 15 is 0 Å². The highest BCUT2D eigenvalue weighted by Gasteiger charge is 2.42. The van der Waals surface area contributed by atoms with Crippen molar-refractivity contribution in [2.75, 3.05) is 25.2 Å². The lowest BCUT2D eigenvalue weighted by molar-refractivity contribution is -0.102. The Morgan fingerprint density at radius 3 is 3.10 bits per heavy atom. The number of hydrogen-bond acceptors (Lipinski definition) is 4. The standard InChI is InChI=1S/C16H21BrO3S/c1-19-14-3-2-12(17)8-13(14)15(18)11-4-6-20-16(9-11)5-7-21-10-16/h2-3,8,11,15,18H,4-7,9-10H2,1H3. The van der Waals surface area contributed by atoms with Crippen LogP contribution in [-0.4, -0.2) is 35.9 Å². The Bertz CT molecular complexity index is 502. The number of ether oxygens (including phenoxy) is 2. The van der Waals surface area contributed by atoms with Gasteiger partial charge in [-0.25, -0.2) is 0 Å². The van der Waals surface area contributed by atoms with Crippen LogP contribution in [0.2, 0.25) is 0 Å². The highest BCUT2D eigenvalue weighted by Crippen LogP contribution is 2.45. The third kappa shape index (κ3) is 3.26. The van der Waals surface area contributed by atoms with E-state index in [1.807, 2.05) is 30.0 Å². The molecule has 0 saturated carbocycles. The molecule has 1 aromatic rings. The molecule has 2 fully saturated rings. The van der Waals surface area contributed by atoms with Crippen molar-refractivity contribution in [1.82, 2.24) is 0 Å². The first-order valence-electron chi connectivity index (χ1n) is 7.37. The summed E-state index contributed by atoms with van der Waals surface area (Å²) >= 11 is 5.44. The van der Waals surface area contributed by atoms with Crippen LogP contribution in [0.15, 0.2) is 22.7 Å². The van der Waals surface area contributed by atoms with E-state index in [-0.39, 0.29) is 11.5 Å². The SMILES string of the molecule is COc1ccc(Br)cc1C(O)C1CCOC2(CCSC2)C1. The summed E-state index contributed by atoms with van der Waals surface area (Å²) in [6.07, 6.45) is 2.46. The van der Waals surface area contributed by atoms with E-state index < -0.39 is 6.10 Å². The molecule has 2 aliphatic rings. The summed E-state index contributed by atoms with van der Waals surface area (Å²) in [5, 5.41) is 10.9. The minimum Gasteiger partial charge on any atom is -0.496 e. The summed E-state index contributed by atoms with van der Waals surface area (Å²) in [4.78, 5) is 0. The highest BCUT2D eigenvalue weighted by molar-refractivity contribution is 9.10. The second-order valence-electron chi connectivity index (χ2n) is 5.92. The molecular formula is C16H21BrO3S. The molecule has 116 valence electrons. The van der Waals surface area contributed by atoms with Gasteiger partial charge in [-0.15, -0.1) is 0 Å². The summed E-state index contributed by atoms with van der Waals surface area (Å²) < 4.78 is 12.4. The average Bonchev–Trinajstić information content (AvgIpc) is 2.94. The predicted molar refractivity (Wildman–Crippen MR) is 89.0 cm³/mol. The van der Waals surface area contributed by atoms with Crippen LogP contribution >= 0.6 is 27.7 Å². The molecule has 1 N–H and O–H groups in total. The molecule has 2 saturated heterocycles. The second-order valence-corrected chi connectivity index (χ2v) is 7.94. The molecule has 0 aromatic heterocycles. The minimum atomic E-state index is -0.496. The Hall–Kier alpha value is -0.230. The summed E-state index contributed by atoms with van der Waals surface area (Å²) in [6, 6.07) is 5.81. The van der Waals surface area contributed by atoms with Gasteiger partial charge in [-0.1, -0.05) is 15.9 Å². The van der Waals surface area contributed by atoms with Gasteiger partial charge >= 0.3 is 0 Å². The van der Waals surface area contributed by atoms with Gasteiger partial charge in [0.05, 0.1) is 18.8 Å². The van der Waals surface area contributed by atoms with Gasteiger partial charge in [0.15, 0.2) is 0 Å². The Labute approximate surface area is 138 Å². The third-order valence-corrected chi connectivity index (χ3v) is 6.27. The second kappa shape index (κ2) is 6.49. The molecule has 5 heteroatoms. The van der Waals surface area contributed by atoms with E-state index in [1.165, 1.54) is 5.75 Å². The van der Waals surface area contributed by atoms with Crippen molar-refractivity contribution in [3.8, 4) is 5.75 Å². The number of aliphatic hydroxyl groups is 1. The van der Waals surface area contributed by atoms with Crippen molar-refractivity contribution in [3.05, 3.63) is 28.2 Å². The maximum atomic E-state index is 10.9. The lowest BCUT2D eigenvalue weighted by Crippen LogP contribution is -2.41. The van der Waals surface area contributed by atoms with Crippen LogP contribution in [0.25, 0.3) is 0 Å². The van der Waals surface area contributed by atoms with E-state index in [1.54, 1.807) is 7.11 Å². The Kier molecular flexibility index (Phi) is 4.84. The molecule has 2 aliphatic heterocycles. The van der Waals surface area contributed by atoms with Crippen LogP contribution in [0.1, 0.15) is 30.9 Å². The Morgan fingerprint density at radius 2 is 2.38 bits per heavy atom. The molecule has 3 nitrogen and oxygen atoms in total. The number of thioether (sulfide) groups is 1. The molecule has 2 heterocycles. The summed E-state index contributed by atoms with van der Waals surface area (Å²) in [5.74, 6) is 3.22. The molecule has 1 spiro atoms. The largest absolute Gasteiger partial charge is 0.496 e. The molecule has 3 rings (SSSR count). The number of aliphatic hydroxyl groups excluding tert-OH is 1. The summed E-state index contributed by atoms with van der Waals surface area (Å²) in [5.41, 5.74) is 0.868. The third-order valence-electron chi connectivity index (χ3n) is 4.56. The molecule has 3 unspecified atom stereocenters. The number of methoxy groups -OCH3 is 1. The first kappa shape index (κ1) is 15.7. The van der Waals surface area contributed by atoms with E-state index in [4.69, 9.17) is 9.47 Å². The number of benzene rings is 1. The van der Waals surface area contributed by atoms with Gasteiger partial charge in [-0.3, -0.25) is 0 Å². The monoisotopic (exact) mass is 372 g/mol. The first-order valence-corrected chi connectivity index (χ1v) is 9.31. The zero-order valence-corrected chi connectivity index (χ0v) is 14.6. The van der Waals surface area contributed by atoms with Gasteiger partial charge in [-0.2, -0.15) is 11.8 Å². The van der Waals surface area contributed by atoms with Crippen LogP contribution in [-0.2, 0) is 4.74 Å². The average molecular weight is 373 g/mol. The zero-order valence-electron chi connectivity index (χ0n) is 12.2. The number of hydrogen-bond donors (Lipinski definition) is 1. The molecule has 0 radical (unpaired) electrons. The smallest absolute Gasteiger partial charge is 0.124 e. The molecule has 0 aliphatic carbocycles. The maximum Gasteiger partial charge on any atom is 0.124 e. The van der Waals surface area contributed by atoms with E-state index in [0.717, 1.165) is 47.4 Å². The van der Waals surface area contributed by atoms with Crippen molar-refractivity contribution in [2.45, 2.75) is 31.0 Å². The van der Waals surface area contributed by atoms with Gasteiger partial charge < -0.3 is 14.6 Å². The molecule has 21 heavy (non-hydrogen) atoms. The predicted octanol–water partition coefficient (Wildman–Crippen LogP) is 3.79. The van der Waals surface area contributed by atoms with E-state index in [9.17, 15) is 5.11 Å². The lowest BCUT2D eigenvalue weighted by Gasteiger charge is -2.39. The summed E-state index contributed by atoms with van der Waals surface area (Å²) in [6.45, 7) is 0.749. The van der Waals surface area contributed by atoms with Crippen molar-refractivity contribution in [2.24, 2.45) is 5.92 Å². The fourth-order valence-corrected chi connectivity index (χ4v) is 5.15. The summed E-state index contributed by atoms with van der Waals surface area (Å²) in [7, 11) is 1.65. The zero-order chi connectivity index (χ0) is 14.9. The van der Waals surface area contributed by atoms with Crippen molar-refractivity contribution in [3.63, 3.8) is 0 Å². The quantitative estimate of drug-likeness (QED) is 0.875. The van der Waals surface area contributed by atoms with Crippen molar-refractivity contribution in [1.29, 1.82) is 0 Å².